The first kappa shape index (κ1) is 17.0. The summed E-state index contributed by atoms with van der Waals surface area (Å²) in [5.41, 5.74) is 0.757. The average molecular weight is 379 g/mol. The van der Waals surface area contributed by atoms with Crippen molar-refractivity contribution >= 4 is 33.2 Å². The van der Waals surface area contributed by atoms with Crippen LogP contribution in [0.4, 0.5) is 11.4 Å². The highest BCUT2D eigenvalue weighted by atomic mass is 79.9. The maximum atomic E-state index is 12.2. The number of nitrogens with one attached hydrogen (secondary N) is 1. The van der Waals surface area contributed by atoms with Gasteiger partial charge in [-0.3, -0.25) is 14.9 Å². The third-order valence-corrected chi connectivity index (χ3v) is 3.92. The second kappa shape index (κ2) is 7.23. The molecule has 2 rings (SSSR count). The van der Waals surface area contributed by atoms with E-state index in [0.717, 1.165) is 4.47 Å². The number of halogens is 1. The van der Waals surface area contributed by atoms with E-state index in [0.29, 0.717) is 17.0 Å². The molecular weight excluding hydrogens is 364 g/mol. The average Bonchev–Trinajstić information content (AvgIpc) is 2.51. The van der Waals surface area contributed by atoms with Gasteiger partial charge in [-0.2, -0.15) is 0 Å². The van der Waals surface area contributed by atoms with Gasteiger partial charge in [0.05, 0.1) is 20.6 Å². The van der Waals surface area contributed by atoms with Crippen molar-refractivity contribution in [2.45, 2.75) is 20.0 Å². The van der Waals surface area contributed by atoms with Gasteiger partial charge in [0.25, 0.3) is 11.6 Å². The topological polar surface area (TPSA) is 81.5 Å². The number of para-hydroxylation sites is 1. The number of anilines is 1. The number of carbonyl (C=O) groups excluding carboxylic acids is 1. The zero-order chi connectivity index (χ0) is 17.0. The van der Waals surface area contributed by atoms with E-state index in [1.807, 2.05) is 12.1 Å². The van der Waals surface area contributed by atoms with Crippen LogP contribution in [0.2, 0.25) is 0 Å². The van der Waals surface area contributed by atoms with Crippen molar-refractivity contribution in [3.63, 3.8) is 0 Å². The van der Waals surface area contributed by atoms with Crippen LogP contribution in [0.5, 0.6) is 5.75 Å². The summed E-state index contributed by atoms with van der Waals surface area (Å²) in [7, 11) is 0. The molecule has 2 aromatic rings. The van der Waals surface area contributed by atoms with Crippen LogP contribution in [-0.2, 0) is 4.79 Å². The third kappa shape index (κ3) is 4.07. The zero-order valence-electron chi connectivity index (χ0n) is 12.6. The lowest BCUT2D eigenvalue weighted by Gasteiger charge is -2.16. The number of carbonyl (C=O) groups is 1. The lowest BCUT2D eigenvalue weighted by molar-refractivity contribution is -0.385. The summed E-state index contributed by atoms with van der Waals surface area (Å²) in [6, 6.07) is 11.7. The smallest absolute Gasteiger partial charge is 0.274 e. The molecule has 0 aromatic heterocycles. The molecule has 0 aliphatic rings. The van der Waals surface area contributed by atoms with Crippen LogP contribution < -0.4 is 10.1 Å². The van der Waals surface area contributed by atoms with E-state index in [4.69, 9.17) is 4.74 Å². The minimum atomic E-state index is -0.757. The minimum Gasteiger partial charge on any atom is -0.480 e. The Morgan fingerprint density at radius 3 is 2.61 bits per heavy atom. The van der Waals surface area contributed by atoms with Crippen LogP contribution in [0.25, 0.3) is 0 Å². The molecule has 0 radical (unpaired) electrons. The number of nitrogens with zero attached hydrogens (tertiary/aromatic N) is 1. The van der Waals surface area contributed by atoms with Gasteiger partial charge in [0.2, 0.25) is 0 Å². The third-order valence-electron chi connectivity index (χ3n) is 3.27. The first-order chi connectivity index (χ1) is 10.9. The Morgan fingerprint density at radius 1 is 1.26 bits per heavy atom. The van der Waals surface area contributed by atoms with Gasteiger partial charge in [0.15, 0.2) is 6.10 Å². The van der Waals surface area contributed by atoms with Crippen LogP contribution in [-0.4, -0.2) is 16.9 Å². The molecule has 0 saturated heterocycles. The van der Waals surface area contributed by atoms with Gasteiger partial charge in [-0.1, -0.05) is 18.2 Å². The first-order valence-corrected chi connectivity index (χ1v) is 7.65. The molecule has 1 atom stereocenters. The number of amides is 1. The molecule has 0 aliphatic carbocycles. The molecule has 1 N–H and O–H groups in total. The van der Waals surface area contributed by atoms with Gasteiger partial charge in [-0.05, 0) is 48.0 Å². The molecule has 23 heavy (non-hydrogen) atoms. The number of ether oxygens (including phenoxy) is 1. The second-order valence-corrected chi connectivity index (χ2v) is 5.74. The fourth-order valence-electron chi connectivity index (χ4n) is 1.98. The van der Waals surface area contributed by atoms with Gasteiger partial charge in [-0.25, -0.2) is 0 Å². The molecule has 1 amide bonds. The van der Waals surface area contributed by atoms with E-state index in [1.54, 1.807) is 32.0 Å². The molecule has 0 spiro atoms. The number of hydrogen-bond donors (Lipinski definition) is 1. The van der Waals surface area contributed by atoms with Crippen molar-refractivity contribution in [3.05, 3.63) is 62.6 Å². The van der Waals surface area contributed by atoms with Crippen LogP contribution in [0.15, 0.2) is 46.9 Å². The molecule has 1 unspecified atom stereocenters. The molecule has 0 saturated carbocycles. The number of rotatable bonds is 5. The fraction of sp³-hybridized carbons (Fsp3) is 0.188. The summed E-state index contributed by atoms with van der Waals surface area (Å²) >= 11 is 3.35. The first-order valence-electron chi connectivity index (χ1n) is 6.86. The lowest BCUT2D eigenvalue weighted by Crippen LogP contribution is -2.30. The van der Waals surface area contributed by atoms with Crippen molar-refractivity contribution in [2.75, 3.05) is 5.32 Å². The highest BCUT2D eigenvalue weighted by Crippen LogP contribution is 2.27. The summed E-state index contributed by atoms with van der Waals surface area (Å²) in [5.74, 6) is 0.162. The Morgan fingerprint density at radius 2 is 1.96 bits per heavy atom. The van der Waals surface area contributed by atoms with Crippen LogP contribution in [0.3, 0.4) is 0 Å². The Bertz CT molecular complexity index is 749. The quantitative estimate of drug-likeness (QED) is 0.627. The zero-order valence-corrected chi connectivity index (χ0v) is 14.2. The summed E-state index contributed by atoms with van der Waals surface area (Å²) < 4.78 is 6.35. The SMILES string of the molecule is Cc1c(NC(=O)C(C)Oc2ccccc2Br)cccc1[N+](=O)[O-]. The van der Waals surface area contributed by atoms with Gasteiger partial charge in [0, 0.05) is 6.07 Å². The largest absolute Gasteiger partial charge is 0.480 e. The minimum absolute atomic E-state index is 0.0397. The van der Waals surface area contributed by atoms with Gasteiger partial charge in [-0.15, -0.1) is 0 Å². The van der Waals surface area contributed by atoms with Gasteiger partial charge < -0.3 is 10.1 Å². The van der Waals surface area contributed by atoms with Crippen molar-refractivity contribution in [1.29, 1.82) is 0 Å². The lowest BCUT2D eigenvalue weighted by atomic mass is 10.1. The van der Waals surface area contributed by atoms with Crippen molar-refractivity contribution in [3.8, 4) is 5.75 Å². The molecule has 0 fully saturated rings. The number of benzene rings is 2. The van der Waals surface area contributed by atoms with Crippen LogP contribution in [0, 0.1) is 17.0 Å². The number of nitro groups is 1. The van der Waals surface area contributed by atoms with E-state index < -0.39 is 11.0 Å². The molecule has 6 nitrogen and oxygen atoms in total. The van der Waals surface area contributed by atoms with Crippen LogP contribution in [0.1, 0.15) is 12.5 Å². The Labute approximate surface area is 141 Å². The van der Waals surface area contributed by atoms with Gasteiger partial charge in [0.1, 0.15) is 5.75 Å². The summed E-state index contributed by atoms with van der Waals surface area (Å²) in [6.45, 7) is 3.20. The predicted octanol–water partition coefficient (Wildman–Crippen LogP) is 4.07. The predicted molar refractivity (Wildman–Crippen MR) is 90.7 cm³/mol. The molecule has 0 bridgehead atoms. The molecule has 120 valence electrons. The highest BCUT2D eigenvalue weighted by molar-refractivity contribution is 9.10. The van der Waals surface area contributed by atoms with Crippen molar-refractivity contribution in [2.24, 2.45) is 0 Å². The summed E-state index contributed by atoms with van der Waals surface area (Å²) in [5, 5.41) is 13.6. The second-order valence-electron chi connectivity index (χ2n) is 4.89. The number of nitro benzene ring substituents is 1. The summed E-state index contributed by atoms with van der Waals surface area (Å²) in [4.78, 5) is 22.7. The monoisotopic (exact) mass is 378 g/mol. The Kier molecular flexibility index (Phi) is 5.33. The van der Waals surface area contributed by atoms with E-state index >= 15 is 0 Å². The van der Waals surface area contributed by atoms with E-state index in [2.05, 4.69) is 21.2 Å². The fourth-order valence-corrected chi connectivity index (χ4v) is 2.35. The molecule has 0 aliphatic heterocycles. The Balaban J connectivity index is 2.12. The highest BCUT2D eigenvalue weighted by Gasteiger charge is 2.19. The van der Waals surface area contributed by atoms with Gasteiger partial charge >= 0.3 is 0 Å². The van der Waals surface area contributed by atoms with E-state index in [-0.39, 0.29) is 11.6 Å². The Hall–Kier alpha value is -2.41. The molecule has 2 aromatic carbocycles. The molecule has 0 heterocycles. The van der Waals surface area contributed by atoms with Crippen molar-refractivity contribution < 1.29 is 14.5 Å². The standard InChI is InChI=1S/C16H15BrN2O4/c1-10-13(7-5-8-14(10)19(21)22)18-16(20)11(2)23-15-9-4-3-6-12(15)17/h3-9,11H,1-2H3,(H,18,20). The summed E-state index contributed by atoms with van der Waals surface area (Å²) in [6.07, 6.45) is -0.757. The van der Waals surface area contributed by atoms with E-state index in [9.17, 15) is 14.9 Å². The van der Waals surface area contributed by atoms with Crippen molar-refractivity contribution in [1.82, 2.24) is 0 Å². The molecule has 7 heteroatoms. The van der Waals surface area contributed by atoms with E-state index in [1.165, 1.54) is 12.1 Å². The molecular formula is C16H15BrN2O4. The van der Waals surface area contributed by atoms with Crippen LogP contribution >= 0.6 is 15.9 Å². The maximum Gasteiger partial charge on any atom is 0.274 e. The maximum absolute atomic E-state index is 12.2. The number of hydrogen-bond acceptors (Lipinski definition) is 4. The normalized spacial score (nSPS) is 11.6.